The average Bonchev–Trinajstić information content (AvgIpc) is 1.40. The van der Waals surface area contributed by atoms with Crippen LogP contribution in [0.2, 0.25) is 0 Å². The molecular weight excluding hydrogens is 1120 g/mol. The van der Waals surface area contributed by atoms with Crippen LogP contribution in [0, 0.1) is 5.92 Å². The van der Waals surface area contributed by atoms with Crippen LogP contribution in [0.4, 0.5) is 20.1 Å². The number of likely N-dealkylation sites (N-methyl/N-ethyl adjacent to an activating group) is 2. The number of imide groups is 1. The van der Waals surface area contributed by atoms with Crippen LogP contribution in [0.15, 0.2) is 71.5 Å². The van der Waals surface area contributed by atoms with E-state index in [9.17, 15) is 57.5 Å². The number of nitrogens with zero attached hydrogens (tertiary/aromatic N) is 5. The molecule has 3 atom stereocenters. The minimum Gasteiger partial charge on any atom is -0.483 e. The van der Waals surface area contributed by atoms with Crippen molar-refractivity contribution >= 4 is 82.1 Å². The third-order valence-electron chi connectivity index (χ3n) is 14.5. The number of hydrogen-bond acceptors (Lipinski definition) is 17. The largest absolute Gasteiger partial charge is 0.483 e. The topological polar surface area (TPSA) is 368 Å². The van der Waals surface area contributed by atoms with Crippen molar-refractivity contribution in [3.63, 3.8) is 0 Å². The lowest BCUT2D eigenvalue weighted by molar-refractivity contribution is -0.173. The van der Waals surface area contributed by atoms with Crippen LogP contribution in [-0.4, -0.2) is 162 Å². The van der Waals surface area contributed by atoms with Crippen molar-refractivity contribution in [2.75, 3.05) is 65.3 Å². The lowest BCUT2D eigenvalue weighted by atomic mass is 9.85. The van der Waals surface area contributed by atoms with Crippen molar-refractivity contribution in [2.24, 2.45) is 11.7 Å². The molecule has 2 aromatic carbocycles. The van der Waals surface area contributed by atoms with E-state index in [4.69, 9.17) is 29.7 Å². The molecule has 0 spiro atoms. The maximum atomic E-state index is 14.0. The Hall–Kier alpha value is -9.89. The standard InChI is InChI=1S/C58H70N12O16/c1-7-58(40-28-43-50-37(26-35-12-8-9-13-41(35)65-50)29-70(43)53(78)39(40)31-84-54(58)79)86-57(82)68(6)25-24-67(5)56(81)85-30-36-15-16-38(64-51(76)42(14-10-20-62-55(59)80)66-52(77)49(33(2)3)63-34(4)71)27-44(36)83-32-46(73)61-22-11-21-60-45(72)19-23-69-47(74)17-18-48(69)75/h8-9,12-13,15-18,26-28,33,42,49H,7,10-11,14,19-25,29-32H2,1-6H3,(H,60,72)(H,61,73)(H,63,71)(H,64,76)(H,66,77)(H3,59,62,80)/t42-,49-,58+/m0/s1. The Balaban J connectivity index is 0.991. The van der Waals surface area contributed by atoms with Gasteiger partial charge < -0.3 is 70.9 Å². The summed E-state index contributed by atoms with van der Waals surface area (Å²) in [5, 5.41) is 16.6. The molecule has 0 radical (unpaired) electrons. The summed E-state index contributed by atoms with van der Waals surface area (Å²) < 4.78 is 24.6. The number of anilines is 1. The molecule has 458 valence electrons. The van der Waals surface area contributed by atoms with Crippen LogP contribution in [-0.2, 0) is 77.9 Å². The monoisotopic (exact) mass is 1190 g/mol. The third-order valence-corrected chi connectivity index (χ3v) is 14.5. The number of carbonyl (C=O) groups excluding carboxylic acids is 11. The number of primary amides is 1. The van der Waals surface area contributed by atoms with Crippen molar-refractivity contribution in [1.29, 1.82) is 0 Å². The first kappa shape index (κ1) is 63.7. The summed E-state index contributed by atoms with van der Waals surface area (Å²) in [6, 6.07) is 12.5. The zero-order chi connectivity index (χ0) is 62.4. The number of benzene rings is 2. The van der Waals surface area contributed by atoms with Crippen molar-refractivity contribution in [1.82, 2.24) is 50.8 Å². The zero-order valence-corrected chi connectivity index (χ0v) is 48.5. The van der Waals surface area contributed by atoms with Gasteiger partial charge in [-0.05, 0) is 61.9 Å². The van der Waals surface area contributed by atoms with E-state index < -0.39 is 102 Å². The second kappa shape index (κ2) is 28.6. The van der Waals surface area contributed by atoms with Crippen molar-refractivity contribution in [3.8, 4) is 17.1 Å². The fourth-order valence-corrected chi connectivity index (χ4v) is 9.65. The minimum absolute atomic E-state index is 0.0145. The molecule has 7 rings (SSSR count). The number of nitrogens with one attached hydrogen (secondary N) is 6. The first-order valence-electron chi connectivity index (χ1n) is 27.9. The first-order chi connectivity index (χ1) is 41.0. The molecule has 28 heteroatoms. The quantitative estimate of drug-likeness (QED) is 0.0170. The summed E-state index contributed by atoms with van der Waals surface area (Å²) in [5.74, 6) is -5.05. The summed E-state index contributed by atoms with van der Waals surface area (Å²) in [5.41, 5.74) is 6.08. The minimum atomic E-state index is -1.99. The zero-order valence-electron chi connectivity index (χ0n) is 48.5. The normalized spacial score (nSPS) is 15.3. The fourth-order valence-electron chi connectivity index (χ4n) is 9.65. The molecule has 0 aliphatic carbocycles. The number of hydrogen-bond donors (Lipinski definition) is 7. The Kier molecular flexibility index (Phi) is 21.2. The van der Waals surface area contributed by atoms with Gasteiger partial charge in [0.25, 0.3) is 23.3 Å². The van der Waals surface area contributed by atoms with Crippen LogP contribution in [0.25, 0.3) is 22.3 Å². The third kappa shape index (κ3) is 15.6. The molecule has 0 bridgehead atoms. The van der Waals surface area contributed by atoms with Crippen molar-refractivity contribution in [2.45, 2.75) is 97.2 Å². The molecule has 8 N–H and O–H groups in total. The highest BCUT2D eigenvalue weighted by Gasteiger charge is 2.51. The van der Waals surface area contributed by atoms with E-state index in [1.54, 1.807) is 31.4 Å². The molecule has 0 fully saturated rings. The Bertz CT molecular complexity index is 3400. The average molecular weight is 1190 g/mol. The number of para-hydroxylation sites is 1. The van der Waals surface area contributed by atoms with E-state index in [1.807, 2.05) is 30.3 Å². The number of esters is 1. The lowest BCUT2D eigenvalue weighted by Gasteiger charge is -2.36. The summed E-state index contributed by atoms with van der Waals surface area (Å²) in [6.07, 6.45) is 0.761. The maximum absolute atomic E-state index is 14.0. The molecule has 0 saturated carbocycles. The van der Waals surface area contributed by atoms with Gasteiger partial charge in [0.05, 0.1) is 29.0 Å². The van der Waals surface area contributed by atoms with Crippen LogP contribution in [0.1, 0.15) is 82.1 Å². The Morgan fingerprint density at radius 1 is 0.826 bits per heavy atom. The number of aromatic nitrogens is 2. The molecule has 2 aromatic heterocycles. The van der Waals surface area contributed by atoms with Gasteiger partial charge in [-0.1, -0.05) is 39.0 Å². The number of pyridine rings is 2. The first-order valence-corrected chi connectivity index (χ1v) is 27.9. The highest BCUT2D eigenvalue weighted by molar-refractivity contribution is 6.13. The smallest absolute Gasteiger partial charge is 0.411 e. The number of cyclic esters (lactones) is 1. The predicted molar refractivity (Wildman–Crippen MR) is 307 cm³/mol. The predicted octanol–water partition coefficient (Wildman–Crippen LogP) is 1.77. The summed E-state index contributed by atoms with van der Waals surface area (Å²) in [6.45, 7) is 5.23. The molecule has 11 amide bonds. The van der Waals surface area contributed by atoms with E-state index in [0.29, 0.717) is 23.3 Å². The van der Waals surface area contributed by atoms with Gasteiger partial charge in [0.2, 0.25) is 29.2 Å². The van der Waals surface area contributed by atoms with E-state index in [0.717, 1.165) is 32.9 Å². The molecule has 3 aliphatic rings. The number of carbonyl (C=O) groups is 11. The van der Waals surface area contributed by atoms with E-state index in [-0.39, 0.29) is 112 Å². The number of fused-ring (bicyclic) bond motifs is 5. The molecule has 86 heavy (non-hydrogen) atoms. The number of rotatable bonds is 27. The van der Waals surface area contributed by atoms with Crippen LogP contribution < -0.4 is 47.9 Å². The van der Waals surface area contributed by atoms with Gasteiger partial charge in [-0.15, -0.1) is 0 Å². The SMILES string of the molecule is CC[C@]1(OC(=O)N(C)CCN(C)C(=O)OCc2ccc(NC(=O)[C@H](CCCNC(N)=O)NC(=O)[C@@H](NC(C)=O)C(C)C)cc2OCC(=O)NCCCNC(=O)CCN2C(=O)C=CC2=O)C(=O)OCc2c1cc1n(c2=O)Cc2cc3ccccc3nc2-1. The molecular formula is C58H70N12O16. The molecule has 5 heterocycles. The van der Waals surface area contributed by atoms with Gasteiger partial charge in [0, 0.05) is 113 Å². The Morgan fingerprint density at radius 3 is 2.20 bits per heavy atom. The van der Waals surface area contributed by atoms with Crippen molar-refractivity contribution < 1.29 is 71.7 Å². The summed E-state index contributed by atoms with van der Waals surface area (Å²) >= 11 is 0. The van der Waals surface area contributed by atoms with E-state index >= 15 is 0 Å². The maximum Gasteiger partial charge on any atom is 0.411 e. The number of ether oxygens (including phenoxy) is 4. The van der Waals surface area contributed by atoms with Gasteiger partial charge in [0.15, 0.2) is 6.61 Å². The Morgan fingerprint density at radius 2 is 1.51 bits per heavy atom. The van der Waals surface area contributed by atoms with Gasteiger partial charge in [-0.2, -0.15) is 0 Å². The number of urea groups is 1. The lowest BCUT2D eigenvalue weighted by Crippen LogP contribution is -2.54. The summed E-state index contributed by atoms with van der Waals surface area (Å²) in [7, 11) is 2.81. The fraction of sp³-hybridized carbons (Fsp3) is 0.431. The highest BCUT2D eigenvalue weighted by atomic mass is 16.6. The molecule has 4 aromatic rings. The Labute approximate surface area is 493 Å². The van der Waals surface area contributed by atoms with E-state index in [1.165, 1.54) is 44.1 Å². The summed E-state index contributed by atoms with van der Waals surface area (Å²) in [4.78, 5) is 163. The second-order valence-corrected chi connectivity index (χ2v) is 21.0. The van der Waals surface area contributed by atoms with Crippen LogP contribution >= 0.6 is 0 Å². The second-order valence-electron chi connectivity index (χ2n) is 21.0. The van der Waals surface area contributed by atoms with Gasteiger partial charge in [0.1, 0.15) is 31.0 Å². The van der Waals surface area contributed by atoms with Gasteiger partial charge >= 0.3 is 24.2 Å². The number of amides is 11. The molecule has 0 saturated heterocycles. The molecule has 0 unspecified atom stereocenters. The van der Waals surface area contributed by atoms with Gasteiger partial charge in [-0.25, -0.2) is 24.2 Å². The highest BCUT2D eigenvalue weighted by Crippen LogP contribution is 2.41. The van der Waals surface area contributed by atoms with Crippen molar-refractivity contribution in [3.05, 3.63) is 99.4 Å². The molecule has 3 aliphatic heterocycles. The number of nitrogens with two attached hydrogens (primary N) is 1. The van der Waals surface area contributed by atoms with Crippen LogP contribution in [0.3, 0.4) is 0 Å². The van der Waals surface area contributed by atoms with E-state index in [2.05, 4.69) is 31.9 Å². The molecule has 28 nitrogen and oxygen atoms in total. The van der Waals surface area contributed by atoms with Gasteiger partial charge in [-0.3, -0.25) is 43.3 Å². The van der Waals surface area contributed by atoms with Crippen LogP contribution in [0.5, 0.6) is 5.75 Å².